The molecule has 1 fully saturated rings. The Morgan fingerprint density at radius 1 is 1.20 bits per heavy atom. The van der Waals surface area contributed by atoms with Gasteiger partial charge < -0.3 is 10.6 Å². The lowest BCUT2D eigenvalue weighted by molar-refractivity contribution is 0.735. The zero-order valence-electron chi connectivity index (χ0n) is 8.85. The topological polar surface area (TPSA) is 29.3 Å². The van der Waals surface area contributed by atoms with Gasteiger partial charge in [0, 0.05) is 24.0 Å². The van der Waals surface area contributed by atoms with Crippen molar-refractivity contribution in [3.8, 4) is 0 Å². The van der Waals surface area contributed by atoms with Crippen molar-refractivity contribution < 1.29 is 0 Å². The predicted octanol–water partition coefficient (Wildman–Crippen LogP) is 3.10. The summed E-state index contributed by atoms with van der Waals surface area (Å²) in [5.74, 6) is 0. The number of hydrogen-bond acceptors (Lipinski definition) is 2. The highest BCUT2D eigenvalue weighted by Gasteiger charge is 2.19. The van der Waals surface area contributed by atoms with Crippen LogP contribution in [0.1, 0.15) is 19.8 Å². The van der Waals surface area contributed by atoms with Gasteiger partial charge in [0.15, 0.2) is 0 Å². The van der Waals surface area contributed by atoms with E-state index in [1.165, 1.54) is 25.1 Å². The molecule has 4 heteroatoms. The second-order valence-electron chi connectivity index (χ2n) is 3.78. The number of rotatable bonds is 1. The molecule has 2 nitrogen and oxygen atoms in total. The van der Waals surface area contributed by atoms with Crippen molar-refractivity contribution in [1.29, 1.82) is 0 Å². The van der Waals surface area contributed by atoms with Gasteiger partial charge in [-0.2, -0.15) is 0 Å². The van der Waals surface area contributed by atoms with E-state index in [2.05, 4.69) is 24.0 Å². The SMILES string of the molecule is CC1CCCN1c1ccc(N)cc1.Cl.Cl. The van der Waals surface area contributed by atoms with Crippen LogP contribution in [0.15, 0.2) is 24.3 Å². The van der Waals surface area contributed by atoms with Gasteiger partial charge in [-0.25, -0.2) is 0 Å². The molecule has 1 unspecified atom stereocenters. The van der Waals surface area contributed by atoms with E-state index in [0.717, 1.165) is 5.69 Å². The molecule has 0 aliphatic carbocycles. The van der Waals surface area contributed by atoms with E-state index in [4.69, 9.17) is 5.73 Å². The molecule has 86 valence electrons. The Balaban J connectivity index is 0.000000980. The first-order chi connectivity index (χ1) is 6.27. The normalized spacial score (nSPS) is 19.3. The van der Waals surface area contributed by atoms with E-state index in [1.54, 1.807) is 0 Å². The third-order valence-electron chi connectivity index (χ3n) is 2.78. The molecule has 1 heterocycles. The maximum absolute atomic E-state index is 5.64. The Bertz CT molecular complexity index is 287. The smallest absolute Gasteiger partial charge is 0.0370 e. The third kappa shape index (κ3) is 3.18. The molecule has 0 spiro atoms. The van der Waals surface area contributed by atoms with Gasteiger partial charge in [-0.3, -0.25) is 0 Å². The minimum absolute atomic E-state index is 0. The number of anilines is 2. The first-order valence-electron chi connectivity index (χ1n) is 4.89. The van der Waals surface area contributed by atoms with Crippen molar-refractivity contribution >= 4 is 36.2 Å². The first kappa shape index (κ1) is 14.4. The lowest BCUT2D eigenvalue weighted by Gasteiger charge is -2.23. The molecule has 2 rings (SSSR count). The lowest BCUT2D eigenvalue weighted by Crippen LogP contribution is -2.25. The van der Waals surface area contributed by atoms with Crippen molar-refractivity contribution in [3.05, 3.63) is 24.3 Å². The van der Waals surface area contributed by atoms with E-state index in [-0.39, 0.29) is 24.8 Å². The van der Waals surface area contributed by atoms with Crippen molar-refractivity contribution in [3.63, 3.8) is 0 Å². The van der Waals surface area contributed by atoms with E-state index in [0.29, 0.717) is 6.04 Å². The number of nitrogens with two attached hydrogens (primary N) is 1. The number of hydrogen-bond donors (Lipinski definition) is 1. The molecule has 0 saturated carbocycles. The summed E-state index contributed by atoms with van der Waals surface area (Å²) in [6, 6.07) is 8.85. The van der Waals surface area contributed by atoms with Gasteiger partial charge in [0.25, 0.3) is 0 Å². The monoisotopic (exact) mass is 248 g/mol. The molecule has 0 amide bonds. The molecule has 1 aliphatic heterocycles. The Morgan fingerprint density at radius 3 is 2.27 bits per heavy atom. The predicted molar refractivity (Wildman–Crippen MR) is 71.4 cm³/mol. The Morgan fingerprint density at radius 2 is 1.80 bits per heavy atom. The second kappa shape index (κ2) is 6.09. The number of nitrogen functional groups attached to an aromatic ring is 1. The number of benzene rings is 1. The van der Waals surface area contributed by atoms with Crippen LogP contribution in [0.25, 0.3) is 0 Å². The molecule has 0 aromatic heterocycles. The van der Waals surface area contributed by atoms with Crippen molar-refractivity contribution in [1.82, 2.24) is 0 Å². The average Bonchev–Trinajstić information content (AvgIpc) is 2.53. The van der Waals surface area contributed by atoms with Crippen LogP contribution < -0.4 is 10.6 Å². The van der Waals surface area contributed by atoms with Crippen molar-refractivity contribution in [2.24, 2.45) is 0 Å². The van der Waals surface area contributed by atoms with Gasteiger partial charge in [0.1, 0.15) is 0 Å². The summed E-state index contributed by atoms with van der Waals surface area (Å²) in [5, 5.41) is 0. The minimum Gasteiger partial charge on any atom is -0.399 e. The first-order valence-corrected chi connectivity index (χ1v) is 4.89. The van der Waals surface area contributed by atoms with Crippen LogP contribution >= 0.6 is 24.8 Å². The minimum atomic E-state index is 0. The van der Waals surface area contributed by atoms with E-state index < -0.39 is 0 Å². The van der Waals surface area contributed by atoms with Crippen LogP contribution in [0.3, 0.4) is 0 Å². The van der Waals surface area contributed by atoms with Crippen LogP contribution in [0.5, 0.6) is 0 Å². The Kier molecular flexibility index (Phi) is 5.84. The molecule has 1 saturated heterocycles. The van der Waals surface area contributed by atoms with Crippen LogP contribution in [-0.2, 0) is 0 Å². The molecule has 2 N–H and O–H groups in total. The maximum atomic E-state index is 5.64. The van der Waals surface area contributed by atoms with Crippen LogP contribution in [0.4, 0.5) is 11.4 Å². The maximum Gasteiger partial charge on any atom is 0.0370 e. The van der Waals surface area contributed by atoms with Gasteiger partial charge in [0.05, 0.1) is 0 Å². The fourth-order valence-corrected chi connectivity index (χ4v) is 1.98. The molecular formula is C11H18Cl2N2. The zero-order valence-corrected chi connectivity index (χ0v) is 10.5. The Hall–Kier alpha value is -0.600. The van der Waals surface area contributed by atoms with Gasteiger partial charge >= 0.3 is 0 Å². The second-order valence-corrected chi connectivity index (χ2v) is 3.78. The fraction of sp³-hybridized carbons (Fsp3) is 0.455. The number of halogens is 2. The highest BCUT2D eigenvalue weighted by Crippen LogP contribution is 2.25. The van der Waals surface area contributed by atoms with E-state index in [9.17, 15) is 0 Å². The molecule has 0 bridgehead atoms. The fourth-order valence-electron chi connectivity index (χ4n) is 1.98. The molecule has 1 aromatic rings. The van der Waals surface area contributed by atoms with Crippen LogP contribution in [0, 0.1) is 0 Å². The Labute approximate surface area is 104 Å². The lowest BCUT2D eigenvalue weighted by atomic mass is 10.2. The standard InChI is InChI=1S/C11H16N2.2ClH/c1-9-3-2-8-13(9)11-6-4-10(12)5-7-11;;/h4-7,9H,2-3,8,12H2,1H3;2*1H. The summed E-state index contributed by atoms with van der Waals surface area (Å²) in [6.45, 7) is 3.47. The van der Waals surface area contributed by atoms with Gasteiger partial charge in [-0.05, 0) is 44.0 Å². The van der Waals surface area contributed by atoms with Gasteiger partial charge in [-0.15, -0.1) is 24.8 Å². The number of nitrogens with zero attached hydrogens (tertiary/aromatic N) is 1. The van der Waals surface area contributed by atoms with Gasteiger partial charge in [0.2, 0.25) is 0 Å². The van der Waals surface area contributed by atoms with Crippen LogP contribution in [-0.4, -0.2) is 12.6 Å². The molecule has 15 heavy (non-hydrogen) atoms. The van der Waals surface area contributed by atoms with E-state index >= 15 is 0 Å². The summed E-state index contributed by atoms with van der Waals surface area (Å²) in [5.41, 5.74) is 7.79. The zero-order chi connectivity index (χ0) is 9.26. The summed E-state index contributed by atoms with van der Waals surface area (Å²) in [6.07, 6.45) is 2.62. The summed E-state index contributed by atoms with van der Waals surface area (Å²) in [4.78, 5) is 2.44. The molecule has 1 aliphatic rings. The summed E-state index contributed by atoms with van der Waals surface area (Å²) < 4.78 is 0. The molecule has 0 radical (unpaired) electrons. The van der Waals surface area contributed by atoms with Crippen molar-refractivity contribution in [2.75, 3.05) is 17.2 Å². The quantitative estimate of drug-likeness (QED) is 0.775. The molecular weight excluding hydrogens is 231 g/mol. The van der Waals surface area contributed by atoms with Crippen LogP contribution in [0.2, 0.25) is 0 Å². The molecule has 1 aromatic carbocycles. The third-order valence-corrected chi connectivity index (χ3v) is 2.78. The van der Waals surface area contributed by atoms with Crippen molar-refractivity contribution in [2.45, 2.75) is 25.8 Å². The van der Waals surface area contributed by atoms with E-state index in [1.807, 2.05) is 12.1 Å². The average molecular weight is 249 g/mol. The molecule has 1 atom stereocenters. The highest BCUT2D eigenvalue weighted by molar-refractivity contribution is 5.85. The largest absolute Gasteiger partial charge is 0.399 e. The summed E-state index contributed by atoms with van der Waals surface area (Å²) >= 11 is 0. The summed E-state index contributed by atoms with van der Waals surface area (Å²) in [7, 11) is 0. The highest BCUT2D eigenvalue weighted by atomic mass is 35.5. The van der Waals surface area contributed by atoms with Gasteiger partial charge in [-0.1, -0.05) is 0 Å².